The number of fused-ring (bicyclic) bond motifs is 1. The van der Waals surface area contributed by atoms with Gasteiger partial charge in [-0.3, -0.25) is 0 Å². The lowest BCUT2D eigenvalue weighted by molar-refractivity contribution is 0.594. The van der Waals surface area contributed by atoms with Crippen LogP contribution in [0, 0.1) is 0 Å². The Bertz CT molecular complexity index is 526. The lowest BCUT2D eigenvalue weighted by atomic mass is 10.0. The molecule has 18 heavy (non-hydrogen) atoms. The molecule has 1 aliphatic rings. The molecule has 0 fully saturated rings. The summed E-state index contributed by atoms with van der Waals surface area (Å²) in [6.07, 6.45) is 2.08. The summed E-state index contributed by atoms with van der Waals surface area (Å²) in [5.41, 5.74) is 9.03. The Morgan fingerprint density at radius 1 is 1.39 bits per heavy atom. The number of nitrogen functional groups attached to an aromatic ring is 1. The molecule has 5 heteroatoms. The Hall–Kier alpha value is -1.23. The van der Waals surface area contributed by atoms with Gasteiger partial charge in [0.2, 0.25) is 0 Å². The lowest BCUT2D eigenvalue weighted by Gasteiger charge is -2.32. The Kier molecular flexibility index (Phi) is 3.80. The molecule has 0 bridgehead atoms. The lowest BCUT2D eigenvalue weighted by Crippen LogP contribution is -2.34. The van der Waals surface area contributed by atoms with Gasteiger partial charge in [-0.2, -0.15) is 0 Å². The van der Waals surface area contributed by atoms with E-state index in [-0.39, 0.29) is 11.5 Å². The van der Waals surface area contributed by atoms with E-state index < -0.39 is 9.84 Å². The number of hydrogen-bond acceptors (Lipinski definition) is 4. The number of benzene rings is 1. The monoisotopic (exact) mass is 268 g/mol. The van der Waals surface area contributed by atoms with E-state index >= 15 is 0 Å². The second-order valence-corrected chi connectivity index (χ2v) is 7.15. The third-order valence-corrected chi connectivity index (χ3v) is 5.14. The number of hydrogen-bond donors (Lipinski definition) is 1. The highest BCUT2D eigenvalue weighted by atomic mass is 32.2. The molecule has 0 saturated heterocycles. The number of aryl methyl sites for hydroxylation is 1. The Labute approximate surface area is 109 Å². The zero-order chi connectivity index (χ0) is 13.2. The Morgan fingerprint density at radius 3 is 2.89 bits per heavy atom. The third-order valence-electron chi connectivity index (χ3n) is 3.45. The standard InChI is InChI=1S/C13H20N2O2S/c1-2-18(16,17)10-9-15-8-4-6-11-5-3-7-12(14)13(11)15/h3,5,7H,2,4,6,8-10,14H2,1H3. The van der Waals surface area contributed by atoms with Crippen molar-refractivity contribution in [3.05, 3.63) is 23.8 Å². The molecule has 1 aromatic carbocycles. The number of sulfone groups is 1. The van der Waals surface area contributed by atoms with Crippen LogP contribution in [0.2, 0.25) is 0 Å². The van der Waals surface area contributed by atoms with Crippen molar-refractivity contribution in [1.29, 1.82) is 0 Å². The average molecular weight is 268 g/mol. The highest BCUT2D eigenvalue weighted by Crippen LogP contribution is 2.32. The number of nitrogens with zero attached hydrogens (tertiary/aromatic N) is 1. The van der Waals surface area contributed by atoms with Gasteiger partial charge in [-0.1, -0.05) is 19.1 Å². The molecule has 1 aromatic rings. The maximum Gasteiger partial charge on any atom is 0.151 e. The summed E-state index contributed by atoms with van der Waals surface area (Å²) in [6, 6.07) is 5.91. The van der Waals surface area contributed by atoms with Crippen LogP contribution in [0.4, 0.5) is 11.4 Å². The molecule has 0 spiro atoms. The molecule has 0 aromatic heterocycles. The van der Waals surface area contributed by atoms with Crippen LogP contribution in [0.15, 0.2) is 18.2 Å². The fourth-order valence-corrected chi connectivity index (χ4v) is 3.18. The van der Waals surface area contributed by atoms with Gasteiger partial charge >= 0.3 is 0 Å². The molecule has 0 radical (unpaired) electrons. The van der Waals surface area contributed by atoms with Gasteiger partial charge in [-0.15, -0.1) is 0 Å². The topological polar surface area (TPSA) is 63.4 Å². The highest BCUT2D eigenvalue weighted by Gasteiger charge is 2.20. The first-order valence-electron chi connectivity index (χ1n) is 6.36. The fourth-order valence-electron chi connectivity index (χ4n) is 2.39. The summed E-state index contributed by atoms with van der Waals surface area (Å²) in [6.45, 7) is 3.12. The minimum Gasteiger partial charge on any atom is -0.397 e. The molecular formula is C13H20N2O2S. The molecule has 0 aliphatic carbocycles. The van der Waals surface area contributed by atoms with E-state index in [1.165, 1.54) is 5.56 Å². The quantitative estimate of drug-likeness (QED) is 0.840. The van der Waals surface area contributed by atoms with Crippen LogP contribution in [0.1, 0.15) is 18.9 Å². The van der Waals surface area contributed by atoms with E-state index in [2.05, 4.69) is 11.0 Å². The van der Waals surface area contributed by atoms with Crippen LogP contribution in [0.3, 0.4) is 0 Å². The normalized spacial score (nSPS) is 15.5. The van der Waals surface area contributed by atoms with Gasteiger partial charge in [0, 0.05) is 18.8 Å². The smallest absolute Gasteiger partial charge is 0.151 e. The van der Waals surface area contributed by atoms with Crippen LogP contribution >= 0.6 is 0 Å². The fraction of sp³-hybridized carbons (Fsp3) is 0.538. The third kappa shape index (κ3) is 2.77. The summed E-state index contributed by atoms with van der Waals surface area (Å²) in [7, 11) is -2.92. The van der Waals surface area contributed by atoms with Crippen molar-refractivity contribution < 1.29 is 8.42 Å². The highest BCUT2D eigenvalue weighted by molar-refractivity contribution is 7.91. The molecule has 2 rings (SSSR count). The van der Waals surface area contributed by atoms with E-state index in [4.69, 9.17) is 5.73 Å². The number of anilines is 2. The van der Waals surface area contributed by atoms with Crippen LogP contribution < -0.4 is 10.6 Å². The SMILES string of the molecule is CCS(=O)(=O)CCN1CCCc2cccc(N)c21. The molecule has 0 amide bonds. The van der Waals surface area contributed by atoms with E-state index in [1.807, 2.05) is 12.1 Å². The van der Waals surface area contributed by atoms with Crippen molar-refractivity contribution in [2.24, 2.45) is 0 Å². The van der Waals surface area contributed by atoms with E-state index in [0.29, 0.717) is 6.54 Å². The molecule has 4 nitrogen and oxygen atoms in total. The maximum absolute atomic E-state index is 11.6. The molecule has 100 valence electrons. The van der Waals surface area contributed by atoms with Crippen molar-refractivity contribution >= 4 is 21.2 Å². The summed E-state index contributed by atoms with van der Waals surface area (Å²) >= 11 is 0. The minimum atomic E-state index is -2.92. The zero-order valence-electron chi connectivity index (χ0n) is 10.7. The predicted molar refractivity (Wildman–Crippen MR) is 75.7 cm³/mol. The Morgan fingerprint density at radius 2 is 2.17 bits per heavy atom. The number of rotatable bonds is 4. The predicted octanol–water partition coefficient (Wildman–Crippen LogP) is 1.46. The van der Waals surface area contributed by atoms with Crippen molar-refractivity contribution in [3.63, 3.8) is 0 Å². The molecule has 1 aliphatic heterocycles. The molecular weight excluding hydrogens is 248 g/mol. The first kappa shape index (κ1) is 13.2. The molecule has 0 unspecified atom stereocenters. The zero-order valence-corrected chi connectivity index (χ0v) is 11.5. The first-order valence-corrected chi connectivity index (χ1v) is 8.18. The van der Waals surface area contributed by atoms with Gasteiger partial charge in [0.25, 0.3) is 0 Å². The molecule has 0 saturated carbocycles. The second-order valence-electron chi connectivity index (χ2n) is 4.68. The van der Waals surface area contributed by atoms with Gasteiger partial charge in [0.1, 0.15) is 0 Å². The van der Waals surface area contributed by atoms with Crippen LogP contribution in [-0.2, 0) is 16.3 Å². The van der Waals surface area contributed by atoms with Gasteiger partial charge in [0.05, 0.1) is 17.1 Å². The average Bonchev–Trinajstić information content (AvgIpc) is 2.37. The minimum absolute atomic E-state index is 0.206. The van der Waals surface area contributed by atoms with Gasteiger partial charge in [-0.05, 0) is 24.5 Å². The summed E-state index contributed by atoms with van der Waals surface area (Å²) in [4.78, 5) is 2.11. The van der Waals surface area contributed by atoms with Gasteiger partial charge < -0.3 is 10.6 Å². The van der Waals surface area contributed by atoms with Crippen LogP contribution in [0.5, 0.6) is 0 Å². The molecule has 0 atom stereocenters. The van der Waals surface area contributed by atoms with E-state index in [0.717, 1.165) is 30.8 Å². The first-order chi connectivity index (χ1) is 8.53. The maximum atomic E-state index is 11.6. The van der Waals surface area contributed by atoms with Crippen molar-refractivity contribution in [3.8, 4) is 0 Å². The second kappa shape index (κ2) is 5.18. The van der Waals surface area contributed by atoms with Gasteiger partial charge in [0.15, 0.2) is 9.84 Å². The van der Waals surface area contributed by atoms with E-state index in [1.54, 1.807) is 6.92 Å². The van der Waals surface area contributed by atoms with Crippen LogP contribution in [-0.4, -0.2) is 33.0 Å². The molecule has 2 N–H and O–H groups in total. The molecule has 1 heterocycles. The number of para-hydroxylation sites is 1. The van der Waals surface area contributed by atoms with Crippen molar-refractivity contribution in [2.75, 3.05) is 35.2 Å². The van der Waals surface area contributed by atoms with E-state index in [9.17, 15) is 8.42 Å². The summed E-state index contributed by atoms with van der Waals surface area (Å²) < 4.78 is 23.2. The van der Waals surface area contributed by atoms with Crippen LogP contribution in [0.25, 0.3) is 0 Å². The van der Waals surface area contributed by atoms with Crippen molar-refractivity contribution in [1.82, 2.24) is 0 Å². The Balaban J connectivity index is 2.18. The summed E-state index contributed by atoms with van der Waals surface area (Å²) in [5, 5.41) is 0. The summed E-state index contributed by atoms with van der Waals surface area (Å²) in [5.74, 6) is 0.412. The van der Waals surface area contributed by atoms with Gasteiger partial charge in [-0.25, -0.2) is 8.42 Å². The largest absolute Gasteiger partial charge is 0.397 e. The van der Waals surface area contributed by atoms with Crippen molar-refractivity contribution in [2.45, 2.75) is 19.8 Å². The number of nitrogens with two attached hydrogens (primary N) is 1.